The first kappa shape index (κ1) is 13.9. The van der Waals surface area contributed by atoms with Crippen LogP contribution in [0.5, 0.6) is 0 Å². The second-order valence-electron chi connectivity index (χ2n) is 2.45. The summed E-state index contributed by atoms with van der Waals surface area (Å²) in [6, 6.07) is 0. The van der Waals surface area contributed by atoms with Crippen molar-refractivity contribution in [1.82, 2.24) is 0 Å². The summed E-state index contributed by atoms with van der Waals surface area (Å²) in [5.74, 6) is -3.01. The van der Waals surface area contributed by atoms with Crippen LogP contribution >= 0.6 is 0 Å². The lowest BCUT2D eigenvalue weighted by Gasteiger charge is -2.07. The molecule has 0 saturated carbocycles. The molecule has 0 aromatic rings. The molecule has 0 spiro atoms. The average molecular weight is 228 g/mol. The molecule has 0 heterocycles. The van der Waals surface area contributed by atoms with Crippen molar-refractivity contribution < 1.29 is 29.3 Å². The summed E-state index contributed by atoms with van der Waals surface area (Å²) in [4.78, 5) is 21.6. The Morgan fingerprint density at radius 1 is 1.12 bits per heavy atom. The van der Waals surface area contributed by atoms with Crippen LogP contribution in [-0.2, 0) is 19.1 Å². The number of ether oxygens (including phenoxy) is 2. The summed E-state index contributed by atoms with van der Waals surface area (Å²) >= 11 is 0. The minimum atomic E-state index is -0.914. The van der Waals surface area contributed by atoms with Gasteiger partial charge in [0, 0.05) is 18.6 Å². The van der Waals surface area contributed by atoms with E-state index in [1.807, 2.05) is 0 Å². The number of carbonyl (C=O) groups is 2. The Morgan fingerprint density at radius 2 is 1.62 bits per heavy atom. The highest BCUT2D eigenvalue weighted by molar-refractivity contribution is 5.83. The van der Waals surface area contributed by atoms with Crippen LogP contribution in [0, 0.1) is 0 Å². The van der Waals surface area contributed by atoms with Crippen LogP contribution < -0.4 is 0 Å². The predicted octanol–water partition coefficient (Wildman–Crippen LogP) is 0.554. The van der Waals surface area contributed by atoms with Crippen molar-refractivity contribution >= 4 is 11.9 Å². The Labute approximate surface area is 92.1 Å². The van der Waals surface area contributed by atoms with E-state index in [-0.39, 0.29) is 12.2 Å². The fourth-order valence-corrected chi connectivity index (χ4v) is 0.660. The van der Waals surface area contributed by atoms with Crippen molar-refractivity contribution in [2.45, 2.75) is 6.42 Å². The monoisotopic (exact) mass is 228 g/mol. The molecule has 2 N–H and O–H groups in total. The molecule has 88 valence electrons. The van der Waals surface area contributed by atoms with Gasteiger partial charge in [0.05, 0.1) is 6.61 Å². The molecular weight excluding hydrogens is 216 g/mol. The molecule has 0 aliphatic carbocycles. The van der Waals surface area contributed by atoms with Crippen LogP contribution in [0.25, 0.3) is 0 Å². The molecule has 0 rings (SSSR count). The second kappa shape index (κ2) is 7.24. The lowest BCUT2D eigenvalue weighted by atomic mass is 10.4. The van der Waals surface area contributed by atoms with Crippen LogP contribution in [0.4, 0.5) is 0 Å². The maximum atomic E-state index is 10.8. The molecule has 16 heavy (non-hydrogen) atoms. The van der Waals surface area contributed by atoms with Crippen molar-refractivity contribution in [1.29, 1.82) is 0 Å². The molecule has 0 fully saturated rings. The minimum Gasteiger partial charge on any atom is -0.478 e. The van der Waals surface area contributed by atoms with Gasteiger partial charge in [-0.05, 0) is 0 Å². The number of hydrogen-bond acceptors (Lipinski definition) is 6. The summed E-state index contributed by atoms with van der Waals surface area (Å²) in [6.45, 7) is 5.87. The first-order valence-electron chi connectivity index (χ1n) is 4.26. The number of carbonyl (C=O) groups excluding carboxylic acids is 2. The van der Waals surface area contributed by atoms with Gasteiger partial charge in [-0.1, -0.05) is 13.2 Å². The molecule has 0 bridgehead atoms. The molecule has 6 nitrogen and oxygen atoms in total. The van der Waals surface area contributed by atoms with Gasteiger partial charge in [-0.3, -0.25) is 0 Å². The number of hydrogen-bond donors (Lipinski definition) is 2. The number of esters is 2. The Hall–Kier alpha value is -2.08. The Balaban J connectivity index is 4.75. The highest BCUT2D eigenvalue weighted by atomic mass is 16.6. The quantitative estimate of drug-likeness (QED) is 0.392. The summed E-state index contributed by atoms with van der Waals surface area (Å²) in [7, 11) is 0. The van der Waals surface area contributed by atoms with E-state index in [4.69, 9.17) is 5.11 Å². The molecule has 0 aromatic carbocycles. The van der Waals surface area contributed by atoms with Gasteiger partial charge in [0.25, 0.3) is 0 Å². The van der Waals surface area contributed by atoms with E-state index in [1.54, 1.807) is 0 Å². The van der Waals surface area contributed by atoms with Crippen LogP contribution in [0.2, 0.25) is 0 Å². The SMILES string of the molecule is C=CC(=O)O/C(O)=C(/CCO)OC(=O)C=C. The summed E-state index contributed by atoms with van der Waals surface area (Å²) in [5.41, 5.74) is 0. The van der Waals surface area contributed by atoms with E-state index >= 15 is 0 Å². The molecule has 0 atom stereocenters. The maximum absolute atomic E-state index is 10.8. The highest BCUT2D eigenvalue weighted by Crippen LogP contribution is 2.10. The molecule has 0 radical (unpaired) electrons. The van der Waals surface area contributed by atoms with Gasteiger partial charge < -0.3 is 19.7 Å². The van der Waals surface area contributed by atoms with Gasteiger partial charge in [0.15, 0.2) is 5.76 Å². The molecular formula is C10H12O6. The van der Waals surface area contributed by atoms with Crippen LogP contribution in [0.3, 0.4) is 0 Å². The zero-order chi connectivity index (χ0) is 12.6. The minimum absolute atomic E-state index is 0.185. The predicted molar refractivity (Wildman–Crippen MR) is 53.9 cm³/mol. The second-order valence-corrected chi connectivity index (χ2v) is 2.45. The standard InChI is InChI=1S/C10H12O6/c1-3-8(12)15-7(5-6-11)10(14)16-9(13)4-2/h3-4,11,14H,1-2,5-6H2/b10-7-. The number of aliphatic hydroxyl groups excluding tert-OH is 2. The van der Waals surface area contributed by atoms with Crippen molar-refractivity contribution in [2.24, 2.45) is 0 Å². The van der Waals surface area contributed by atoms with Crippen LogP contribution in [-0.4, -0.2) is 28.8 Å². The summed E-state index contributed by atoms with van der Waals surface area (Å²) in [5, 5.41) is 17.9. The fraction of sp³-hybridized carbons (Fsp3) is 0.200. The van der Waals surface area contributed by atoms with Crippen LogP contribution in [0.1, 0.15) is 6.42 Å². The first-order valence-corrected chi connectivity index (χ1v) is 4.26. The molecule has 0 saturated heterocycles. The zero-order valence-corrected chi connectivity index (χ0v) is 8.51. The van der Waals surface area contributed by atoms with E-state index in [0.29, 0.717) is 0 Å². The third-order valence-corrected chi connectivity index (χ3v) is 1.33. The highest BCUT2D eigenvalue weighted by Gasteiger charge is 2.14. The van der Waals surface area contributed by atoms with Gasteiger partial charge in [-0.15, -0.1) is 0 Å². The van der Waals surface area contributed by atoms with Gasteiger partial charge in [0.1, 0.15) is 0 Å². The van der Waals surface area contributed by atoms with Crippen molar-refractivity contribution in [2.75, 3.05) is 6.61 Å². The molecule has 6 heteroatoms. The Bertz CT molecular complexity index is 328. The zero-order valence-electron chi connectivity index (χ0n) is 8.51. The van der Waals surface area contributed by atoms with Gasteiger partial charge in [0.2, 0.25) is 0 Å². The summed E-state index contributed by atoms with van der Waals surface area (Å²) < 4.78 is 8.86. The molecule has 0 unspecified atom stereocenters. The third-order valence-electron chi connectivity index (χ3n) is 1.33. The molecule has 0 aliphatic rings. The van der Waals surface area contributed by atoms with Crippen LogP contribution in [0.15, 0.2) is 37.0 Å². The topological polar surface area (TPSA) is 93.1 Å². The fourth-order valence-electron chi connectivity index (χ4n) is 0.660. The van der Waals surface area contributed by atoms with E-state index in [0.717, 1.165) is 12.2 Å². The normalized spacial score (nSPS) is 11.1. The Morgan fingerprint density at radius 3 is 2.06 bits per heavy atom. The molecule has 0 amide bonds. The number of rotatable bonds is 6. The van der Waals surface area contributed by atoms with Gasteiger partial charge in [-0.2, -0.15) is 0 Å². The van der Waals surface area contributed by atoms with Gasteiger partial charge >= 0.3 is 17.9 Å². The third kappa shape index (κ3) is 4.97. The van der Waals surface area contributed by atoms with Crippen molar-refractivity contribution in [3.63, 3.8) is 0 Å². The average Bonchev–Trinajstić information content (AvgIpc) is 2.27. The smallest absolute Gasteiger partial charge is 0.338 e. The number of aliphatic hydroxyl groups is 2. The maximum Gasteiger partial charge on any atom is 0.338 e. The van der Waals surface area contributed by atoms with E-state index in [9.17, 15) is 14.7 Å². The molecule has 0 aliphatic heterocycles. The molecule has 0 aromatic heterocycles. The van der Waals surface area contributed by atoms with E-state index in [1.165, 1.54) is 0 Å². The first-order chi connectivity index (χ1) is 7.54. The van der Waals surface area contributed by atoms with E-state index in [2.05, 4.69) is 22.6 Å². The van der Waals surface area contributed by atoms with Crippen molar-refractivity contribution in [3.05, 3.63) is 37.0 Å². The summed E-state index contributed by atoms with van der Waals surface area (Å²) in [6.07, 6.45) is 1.50. The lowest BCUT2D eigenvalue weighted by molar-refractivity contribution is -0.141. The Kier molecular flexibility index (Phi) is 6.30. The van der Waals surface area contributed by atoms with Gasteiger partial charge in [-0.25, -0.2) is 9.59 Å². The lowest BCUT2D eigenvalue weighted by Crippen LogP contribution is -2.09. The van der Waals surface area contributed by atoms with E-state index < -0.39 is 24.5 Å². The van der Waals surface area contributed by atoms with Crippen molar-refractivity contribution in [3.8, 4) is 0 Å². The largest absolute Gasteiger partial charge is 0.478 e.